The van der Waals surface area contributed by atoms with Gasteiger partial charge in [-0.05, 0) is 25.7 Å². The van der Waals surface area contributed by atoms with E-state index in [1.165, 1.54) is 0 Å². The first-order chi connectivity index (χ1) is 8.93. The first-order valence-electron chi connectivity index (χ1n) is 6.49. The van der Waals surface area contributed by atoms with Crippen LogP contribution in [-0.2, 0) is 14.8 Å². The Morgan fingerprint density at radius 2 is 1.95 bits per heavy atom. The van der Waals surface area contributed by atoms with Crippen LogP contribution in [0, 0.1) is 0 Å². The molecule has 0 aromatic rings. The van der Waals surface area contributed by atoms with Crippen LogP contribution in [0.3, 0.4) is 0 Å². The number of amides is 1. The van der Waals surface area contributed by atoms with Crippen molar-refractivity contribution in [3.05, 3.63) is 0 Å². The van der Waals surface area contributed by atoms with Crippen LogP contribution in [-0.4, -0.2) is 56.5 Å². The monoisotopic (exact) mass is 311 g/mol. The van der Waals surface area contributed by atoms with E-state index in [1.54, 1.807) is 0 Å². The number of hydrogen-bond acceptors (Lipinski definition) is 4. The molecule has 8 heteroatoms. The minimum absolute atomic E-state index is 0.0369. The van der Waals surface area contributed by atoms with E-state index in [1.807, 2.05) is 4.90 Å². The average Bonchev–Trinajstić information content (AvgIpc) is 2.31. The molecule has 0 unspecified atom stereocenters. The minimum atomic E-state index is -3.21. The Morgan fingerprint density at radius 3 is 2.47 bits per heavy atom. The quantitative estimate of drug-likeness (QED) is 0.482. The summed E-state index contributed by atoms with van der Waals surface area (Å²) >= 11 is 5.52. The second-order valence-electron chi connectivity index (χ2n) is 4.85. The Morgan fingerprint density at radius 1 is 1.32 bits per heavy atom. The van der Waals surface area contributed by atoms with E-state index in [0.29, 0.717) is 44.7 Å². The summed E-state index contributed by atoms with van der Waals surface area (Å²) in [6.45, 7) is 1.63. The summed E-state index contributed by atoms with van der Waals surface area (Å²) in [6, 6.07) is -0.0369. The number of hydrogen-bond donors (Lipinski definition) is 2. The Hall–Kier alpha value is -0.370. The van der Waals surface area contributed by atoms with Gasteiger partial charge in [-0.2, -0.15) is 0 Å². The highest BCUT2D eigenvalue weighted by molar-refractivity contribution is 7.89. The molecule has 112 valence electrons. The summed E-state index contributed by atoms with van der Waals surface area (Å²) in [5.74, 6) is 0.266. The van der Waals surface area contributed by atoms with Crippen LogP contribution in [0.15, 0.2) is 0 Å². The Kier molecular flexibility index (Phi) is 7.06. The number of carbonyl (C=O) groups excluding carboxylic acids is 1. The van der Waals surface area contributed by atoms with Gasteiger partial charge in [-0.15, -0.1) is 11.6 Å². The van der Waals surface area contributed by atoms with E-state index in [4.69, 9.17) is 17.3 Å². The average molecular weight is 312 g/mol. The van der Waals surface area contributed by atoms with E-state index in [-0.39, 0.29) is 24.2 Å². The third-order valence-electron chi connectivity index (χ3n) is 3.11. The number of unbranched alkanes of at least 4 members (excludes halogenated alkanes) is 1. The molecule has 0 aliphatic carbocycles. The first kappa shape index (κ1) is 16.7. The summed E-state index contributed by atoms with van der Waals surface area (Å²) in [6.07, 6.45) is 2.71. The summed E-state index contributed by atoms with van der Waals surface area (Å²) in [7, 11) is -3.21. The lowest BCUT2D eigenvalue weighted by molar-refractivity contribution is -0.119. The Bertz CT molecular complexity index is 381. The molecule has 0 aromatic heterocycles. The third-order valence-corrected chi connectivity index (χ3v) is 4.90. The predicted octanol–water partition coefficient (Wildman–Crippen LogP) is -0.125. The lowest BCUT2D eigenvalue weighted by atomic mass is 10.1. The standard InChI is InChI=1S/C11H22ClN3O3S/c12-5-1-2-8-19(17,18)14-10-3-6-15(7-4-10)9-11(13)16/h10,14H,1-9H2,(H2,13,16). The van der Waals surface area contributed by atoms with Crippen molar-refractivity contribution in [2.24, 2.45) is 5.73 Å². The first-order valence-corrected chi connectivity index (χ1v) is 8.68. The van der Waals surface area contributed by atoms with Crippen LogP contribution in [0.4, 0.5) is 0 Å². The zero-order valence-corrected chi connectivity index (χ0v) is 12.5. The second kappa shape index (κ2) is 8.04. The summed E-state index contributed by atoms with van der Waals surface area (Å²) in [5, 5.41) is 0. The second-order valence-corrected chi connectivity index (χ2v) is 7.10. The van der Waals surface area contributed by atoms with Gasteiger partial charge in [0.1, 0.15) is 0 Å². The predicted molar refractivity (Wildman–Crippen MR) is 75.5 cm³/mol. The van der Waals surface area contributed by atoms with Crippen molar-refractivity contribution in [3.8, 4) is 0 Å². The molecule has 1 aliphatic heterocycles. The Labute approximate surface area is 119 Å². The topological polar surface area (TPSA) is 92.5 Å². The van der Waals surface area contributed by atoms with Gasteiger partial charge in [0.15, 0.2) is 0 Å². The number of primary amides is 1. The Balaban J connectivity index is 2.30. The molecule has 3 N–H and O–H groups in total. The molecule has 0 spiro atoms. The molecule has 0 radical (unpaired) electrons. The third kappa shape index (κ3) is 7.10. The maximum atomic E-state index is 11.8. The fourth-order valence-corrected chi connectivity index (χ4v) is 3.76. The van der Waals surface area contributed by atoms with Crippen molar-refractivity contribution < 1.29 is 13.2 Å². The maximum absolute atomic E-state index is 11.8. The van der Waals surface area contributed by atoms with Crippen LogP contribution in [0.1, 0.15) is 25.7 Å². The molecule has 1 heterocycles. The van der Waals surface area contributed by atoms with Crippen molar-refractivity contribution in [1.29, 1.82) is 0 Å². The van der Waals surface area contributed by atoms with Crippen LogP contribution < -0.4 is 10.5 Å². The maximum Gasteiger partial charge on any atom is 0.231 e. The van der Waals surface area contributed by atoms with Gasteiger partial charge >= 0.3 is 0 Å². The number of sulfonamides is 1. The van der Waals surface area contributed by atoms with Gasteiger partial charge in [0, 0.05) is 25.0 Å². The van der Waals surface area contributed by atoms with Gasteiger partial charge < -0.3 is 5.73 Å². The number of piperidine rings is 1. The van der Waals surface area contributed by atoms with Crippen LogP contribution >= 0.6 is 11.6 Å². The number of rotatable bonds is 8. The molecular weight excluding hydrogens is 290 g/mol. The van der Waals surface area contributed by atoms with Gasteiger partial charge in [-0.25, -0.2) is 13.1 Å². The largest absolute Gasteiger partial charge is 0.369 e. The normalized spacial score (nSPS) is 18.6. The minimum Gasteiger partial charge on any atom is -0.369 e. The highest BCUT2D eigenvalue weighted by Gasteiger charge is 2.23. The lowest BCUT2D eigenvalue weighted by Gasteiger charge is -2.31. The summed E-state index contributed by atoms with van der Waals surface area (Å²) < 4.78 is 26.3. The van der Waals surface area contributed by atoms with Gasteiger partial charge in [0.2, 0.25) is 15.9 Å². The van der Waals surface area contributed by atoms with E-state index in [9.17, 15) is 13.2 Å². The van der Waals surface area contributed by atoms with Crippen molar-refractivity contribution in [2.45, 2.75) is 31.7 Å². The van der Waals surface area contributed by atoms with E-state index in [2.05, 4.69) is 4.72 Å². The van der Waals surface area contributed by atoms with E-state index >= 15 is 0 Å². The van der Waals surface area contributed by atoms with E-state index < -0.39 is 10.0 Å². The van der Waals surface area contributed by atoms with Crippen LogP contribution in [0.5, 0.6) is 0 Å². The molecule has 6 nitrogen and oxygen atoms in total. The molecule has 0 saturated carbocycles. The number of nitrogens with zero attached hydrogens (tertiary/aromatic N) is 1. The zero-order chi connectivity index (χ0) is 14.3. The van der Waals surface area contributed by atoms with E-state index in [0.717, 1.165) is 0 Å². The smallest absolute Gasteiger partial charge is 0.231 e. The molecule has 1 fully saturated rings. The SMILES string of the molecule is NC(=O)CN1CCC(NS(=O)(=O)CCCCCl)CC1. The molecular formula is C11H22ClN3O3S. The number of nitrogens with one attached hydrogen (secondary N) is 1. The van der Waals surface area contributed by atoms with Crippen LogP contribution in [0.2, 0.25) is 0 Å². The number of halogens is 1. The molecule has 19 heavy (non-hydrogen) atoms. The van der Waals surface area contributed by atoms with Crippen molar-refractivity contribution in [3.63, 3.8) is 0 Å². The van der Waals surface area contributed by atoms with Gasteiger partial charge in [-0.1, -0.05) is 0 Å². The molecule has 1 aliphatic rings. The lowest BCUT2D eigenvalue weighted by Crippen LogP contribution is -2.47. The number of carbonyl (C=O) groups is 1. The zero-order valence-electron chi connectivity index (χ0n) is 11.0. The van der Waals surface area contributed by atoms with Crippen molar-refractivity contribution in [2.75, 3.05) is 31.3 Å². The van der Waals surface area contributed by atoms with Gasteiger partial charge in [0.25, 0.3) is 0 Å². The molecule has 1 rings (SSSR count). The number of likely N-dealkylation sites (tertiary alicyclic amines) is 1. The highest BCUT2D eigenvalue weighted by Crippen LogP contribution is 2.11. The van der Waals surface area contributed by atoms with Crippen LogP contribution in [0.25, 0.3) is 0 Å². The molecule has 0 bridgehead atoms. The summed E-state index contributed by atoms with van der Waals surface area (Å²) in [5.41, 5.74) is 5.12. The number of alkyl halides is 1. The molecule has 1 saturated heterocycles. The highest BCUT2D eigenvalue weighted by atomic mass is 35.5. The van der Waals surface area contributed by atoms with Gasteiger partial charge in [-0.3, -0.25) is 9.69 Å². The van der Waals surface area contributed by atoms with Crippen molar-refractivity contribution in [1.82, 2.24) is 9.62 Å². The van der Waals surface area contributed by atoms with Gasteiger partial charge in [0.05, 0.1) is 12.3 Å². The molecule has 0 aromatic carbocycles. The fraction of sp³-hybridized carbons (Fsp3) is 0.909. The number of nitrogens with two attached hydrogens (primary N) is 1. The summed E-state index contributed by atoms with van der Waals surface area (Å²) in [4.78, 5) is 12.7. The molecule has 1 amide bonds. The fourth-order valence-electron chi connectivity index (χ4n) is 2.13. The molecule has 0 atom stereocenters. The van der Waals surface area contributed by atoms with Crippen molar-refractivity contribution >= 4 is 27.5 Å².